The molecule has 0 aliphatic carbocycles. The fourth-order valence-corrected chi connectivity index (χ4v) is 2.87. The number of benzene rings is 2. The van der Waals surface area contributed by atoms with Gasteiger partial charge in [-0.25, -0.2) is 4.98 Å². The molecule has 0 aliphatic rings. The van der Waals surface area contributed by atoms with Crippen molar-refractivity contribution in [3.8, 4) is 5.75 Å². The molecule has 2 aromatic carbocycles. The summed E-state index contributed by atoms with van der Waals surface area (Å²) in [5, 5.41) is 7.75. The molecule has 0 bridgehead atoms. The first-order chi connectivity index (χ1) is 13.0. The van der Waals surface area contributed by atoms with Crippen LogP contribution in [0.4, 0.5) is 10.8 Å². The number of aromatic nitrogens is 1. The number of rotatable bonds is 6. The highest BCUT2D eigenvalue weighted by atomic mass is 32.1. The number of ether oxygens (including phenoxy) is 1. The minimum Gasteiger partial charge on any atom is -0.484 e. The second-order valence-corrected chi connectivity index (χ2v) is 6.85. The lowest BCUT2D eigenvalue weighted by Crippen LogP contribution is -2.20. The van der Waals surface area contributed by atoms with Crippen LogP contribution in [0.2, 0.25) is 0 Å². The third kappa shape index (κ3) is 5.15. The predicted octanol–water partition coefficient (Wildman–Crippen LogP) is 4.03. The minimum absolute atomic E-state index is 0.113. The van der Waals surface area contributed by atoms with E-state index in [0.29, 0.717) is 22.1 Å². The zero-order chi connectivity index (χ0) is 19.2. The average Bonchev–Trinajstić information content (AvgIpc) is 3.16. The summed E-state index contributed by atoms with van der Waals surface area (Å²) in [6.45, 7) is 3.89. The van der Waals surface area contributed by atoms with Gasteiger partial charge in [-0.15, -0.1) is 11.3 Å². The summed E-state index contributed by atoms with van der Waals surface area (Å²) in [6, 6.07) is 12.4. The van der Waals surface area contributed by atoms with E-state index in [1.807, 2.05) is 32.0 Å². The molecular weight excluding hydrogens is 362 g/mol. The standard InChI is InChI=1S/C20H19N3O3S/c1-13-6-7-17(10-14(13)2)26-12-18(24)22-16-5-3-4-15(11-16)19(25)23-20-21-8-9-27-20/h3-11H,12H2,1-2H3,(H,22,24)(H,21,23,25). The Hall–Kier alpha value is -3.19. The summed E-state index contributed by atoms with van der Waals surface area (Å²) in [7, 11) is 0. The molecule has 0 radical (unpaired) electrons. The third-order valence-corrected chi connectivity index (χ3v) is 4.60. The number of carbonyl (C=O) groups excluding carboxylic acids is 2. The van der Waals surface area contributed by atoms with E-state index in [2.05, 4.69) is 15.6 Å². The zero-order valence-electron chi connectivity index (χ0n) is 15.0. The van der Waals surface area contributed by atoms with Crippen LogP contribution in [0.25, 0.3) is 0 Å². The molecule has 0 saturated carbocycles. The van der Waals surface area contributed by atoms with E-state index in [9.17, 15) is 9.59 Å². The molecule has 2 N–H and O–H groups in total. The van der Waals surface area contributed by atoms with Gasteiger partial charge >= 0.3 is 0 Å². The molecule has 7 heteroatoms. The van der Waals surface area contributed by atoms with E-state index >= 15 is 0 Å². The van der Waals surface area contributed by atoms with Gasteiger partial charge in [0, 0.05) is 22.8 Å². The smallest absolute Gasteiger partial charge is 0.262 e. The molecule has 0 atom stereocenters. The normalized spacial score (nSPS) is 10.3. The Morgan fingerprint density at radius 3 is 2.67 bits per heavy atom. The van der Waals surface area contributed by atoms with E-state index in [1.165, 1.54) is 16.9 Å². The first kappa shape index (κ1) is 18.6. The number of amides is 2. The van der Waals surface area contributed by atoms with Gasteiger partial charge in [0.25, 0.3) is 11.8 Å². The van der Waals surface area contributed by atoms with Gasteiger partial charge in [0.05, 0.1) is 0 Å². The summed E-state index contributed by atoms with van der Waals surface area (Å²) in [5.74, 6) is 0.0583. The van der Waals surface area contributed by atoms with Crippen LogP contribution in [0.15, 0.2) is 54.0 Å². The number of hydrogen-bond donors (Lipinski definition) is 2. The van der Waals surface area contributed by atoms with Crippen molar-refractivity contribution in [1.29, 1.82) is 0 Å². The highest BCUT2D eigenvalue weighted by Crippen LogP contribution is 2.17. The van der Waals surface area contributed by atoms with E-state index in [4.69, 9.17) is 4.74 Å². The Morgan fingerprint density at radius 1 is 1.07 bits per heavy atom. The van der Waals surface area contributed by atoms with Crippen molar-refractivity contribution in [3.63, 3.8) is 0 Å². The first-order valence-electron chi connectivity index (χ1n) is 8.32. The topological polar surface area (TPSA) is 80.3 Å². The number of aryl methyl sites for hydroxylation is 2. The second-order valence-electron chi connectivity index (χ2n) is 5.96. The van der Waals surface area contributed by atoms with Crippen LogP contribution in [-0.2, 0) is 4.79 Å². The average molecular weight is 381 g/mol. The van der Waals surface area contributed by atoms with E-state index < -0.39 is 0 Å². The lowest BCUT2D eigenvalue weighted by molar-refractivity contribution is -0.118. The lowest BCUT2D eigenvalue weighted by atomic mass is 10.1. The van der Waals surface area contributed by atoms with Crippen molar-refractivity contribution in [1.82, 2.24) is 4.98 Å². The Labute approximate surface area is 161 Å². The van der Waals surface area contributed by atoms with Crippen molar-refractivity contribution in [3.05, 3.63) is 70.7 Å². The van der Waals surface area contributed by atoms with Gasteiger partial charge in [0.2, 0.25) is 0 Å². The lowest BCUT2D eigenvalue weighted by Gasteiger charge is -2.10. The Bertz CT molecular complexity index is 955. The fourth-order valence-electron chi connectivity index (χ4n) is 2.34. The molecule has 0 aliphatic heterocycles. The highest BCUT2D eigenvalue weighted by molar-refractivity contribution is 7.13. The molecule has 0 fully saturated rings. The number of anilines is 2. The first-order valence-corrected chi connectivity index (χ1v) is 9.20. The fraction of sp³-hybridized carbons (Fsp3) is 0.150. The third-order valence-electron chi connectivity index (χ3n) is 3.91. The molecule has 3 rings (SSSR count). The van der Waals surface area contributed by atoms with Gasteiger partial charge in [-0.3, -0.25) is 14.9 Å². The van der Waals surface area contributed by atoms with Crippen LogP contribution in [0.3, 0.4) is 0 Å². The van der Waals surface area contributed by atoms with E-state index in [1.54, 1.807) is 35.8 Å². The highest BCUT2D eigenvalue weighted by Gasteiger charge is 2.10. The van der Waals surface area contributed by atoms with Gasteiger partial charge in [0.1, 0.15) is 5.75 Å². The maximum atomic E-state index is 12.2. The van der Waals surface area contributed by atoms with Crippen molar-refractivity contribution < 1.29 is 14.3 Å². The Kier molecular flexibility index (Phi) is 5.83. The quantitative estimate of drug-likeness (QED) is 0.676. The molecule has 0 saturated heterocycles. The summed E-state index contributed by atoms with van der Waals surface area (Å²) in [6.07, 6.45) is 1.62. The summed E-state index contributed by atoms with van der Waals surface area (Å²) in [4.78, 5) is 28.4. The summed E-state index contributed by atoms with van der Waals surface area (Å²) in [5.41, 5.74) is 3.22. The van der Waals surface area contributed by atoms with Crippen LogP contribution in [-0.4, -0.2) is 23.4 Å². The molecule has 1 aromatic heterocycles. The number of hydrogen-bond acceptors (Lipinski definition) is 5. The molecule has 27 heavy (non-hydrogen) atoms. The summed E-state index contributed by atoms with van der Waals surface area (Å²) < 4.78 is 5.53. The molecule has 0 unspecified atom stereocenters. The molecule has 6 nitrogen and oxygen atoms in total. The van der Waals surface area contributed by atoms with Gasteiger partial charge in [-0.2, -0.15) is 0 Å². The van der Waals surface area contributed by atoms with Crippen LogP contribution in [0.1, 0.15) is 21.5 Å². The van der Waals surface area contributed by atoms with Crippen molar-refractivity contribution in [2.45, 2.75) is 13.8 Å². The van der Waals surface area contributed by atoms with Crippen molar-refractivity contribution in [2.24, 2.45) is 0 Å². The molecule has 138 valence electrons. The Morgan fingerprint density at radius 2 is 1.93 bits per heavy atom. The largest absolute Gasteiger partial charge is 0.484 e. The SMILES string of the molecule is Cc1ccc(OCC(=O)Nc2cccc(C(=O)Nc3nccs3)c2)cc1C. The number of nitrogens with zero attached hydrogens (tertiary/aromatic N) is 1. The van der Waals surface area contributed by atoms with Gasteiger partial charge in [-0.05, 0) is 55.3 Å². The molecule has 3 aromatic rings. The summed E-state index contributed by atoms with van der Waals surface area (Å²) >= 11 is 1.34. The van der Waals surface area contributed by atoms with E-state index in [0.717, 1.165) is 5.56 Å². The Balaban J connectivity index is 1.57. The van der Waals surface area contributed by atoms with Crippen molar-refractivity contribution in [2.75, 3.05) is 17.2 Å². The van der Waals surface area contributed by atoms with Crippen LogP contribution in [0, 0.1) is 13.8 Å². The number of thiazole rings is 1. The number of nitrogens with one attached hydrogen (secondary N) is 2. The maximum absolute atomic E-state index is 12.2. The van der Waals surface area contributed by atoms with Gasteiger partial charge in [0.15, 0.2) is 11.7 Å². The number of carbonyl (C=O) groups is 2. The van der Waals surface area contributed by atoms with Crippen LogP contribution < -0.4 is 15.4 Å². The van der Waals surface area contributed by atoms with Gasteiger partial charge in [-0.1, -0.05) is 12.1 Å². The molecule has 2 amide bonds. The van der Waals surface area contributed by atoms with Crippen LogP contribution in [0.5, 0.6) is 5.75 Å². The predicted molar refractivity (Wildman–Crippen MR) is 107 cm³/mol. The van der Waals surface area contributed by atoms with Crippen molar-refractivity contribution >= 4 is 34.0 Å². The molecule has 0 spiro atoms. The zero-order valence-corrected chi connectivity index (χ0v) is 15.8. The second kappa shape index (κ2) is 8.46. The minimum atomic E-state index is -0.300. The molecular formula is C20H19N3O3S. The van der Waals surface area contributed by atoms with Crippen LogP contribution >= 0.6 is 11.3 Å². The van der Waals surface area contributed by atoms with Gasteiger partial charge < -0.3 is 10.1 Å². The van der Waals surface area contributed by atoms with E-state index in [-0.39, 0.29) is 18.4 Å². The maximum Gasteiger partial charge on any atom is 0.262 e. The monoisotopic (exact) mass is 381 g/mol. The molecule has 1 heterocycles.